The second kappa shape index (κ2) is 3.49. The summed E-state index contributed by atoms with van der Waals surface area (Å²) in [5.74, 6) is -0.362. The number of esters is 1. The van der Waals surface area contributed by atoms with Crippen molar-refractivity contribution < 1.29 is 9.53 Å². The first-order valence-electron chi connectivity index (χ1n) is 4.00. The summed E-state index contributed by atoms with van der Waals surface area (Å²) in [7, 11) is 1.35. The zero-order valence-electron chi connectivity index (χ0n) is 7.40. The van der Waals surface area contributed by atoms with Gasteiger partial charge in [0.05, 0.1) is 7.11 Å². The summed E-state index contributed by atoms with van der Waals surface area (Å²) >= 11 is 3.30. The Bertz CT molecular complexity index is 498. The van der Waals surface area contributed by atoms with E-state index in [2.05, 4.69) is 30.6 Å². The second-order valence-electron chi connectivity index (χ2n) is 2.83. The smallest absolute Gasteiger partial charge is 0.334 e. The minimum atomic E-state index is -0.545. The molecule has 4 nitrogen and oxygen atoms in total. The second-order valence-corrected chi connectivity index (χ2v) is 3.75. The van der Waals surface area contributed by atoms with Crippen LogP contribution in [0.3, 0.4) is 0 Å². The summed E-state index contributed by atoms with van der Waals surface area (Å²) in [5.41, 5.74) is 0.587. The van der Waals surface area contributed by atoms with Crippen molar-refractivity contribution in [1.29, 1.82) is 0 Å². The molecular weight excluding hydrogens is 248 g/mol. The summed E-state index contributed by atoms with van der Waals surface area (Å²) in [6.45, 7) is 0. The molecule has 0 unspecified atom stereocenters. The molecule has 0 spiro atoms. The monoisotopic (exact) mass is 254 g/mol. The van der Waals surface area contributed by atoms with E-state index in [-0.39, 0.29) is 5.97 Å². The summed E-state index contributed by atoms with van der Waals surface area (Å²) in [6, 6.07) is 1.33. The Morgan fingerprint density at radius 3 is 3.14 bits per heavy atom. The molecule has 0 fully saturated rings. The molecule has 2 rings (SSSR count). The van der Waals surface area contributed by atoms with E-state index in [0.29, 0.717) is 5.49 Å². The van der Waals surface area contributed by atoms with E-state index in [1.54, 1.807) is 12.3 Å². The van der Waals surface area contributed by atoms with Crippen molar-refractivity contribution in [2.75, 3.05) is 7.11 Å². The van der Waals surface area contributed by atoms with E-state index in [0.717, 1.165) is 9.69 Å². The van der Waals surface area contributed by atoms with Crippen LogP contribution in [0.1, 0.15) is 0 Å². The van der Waals surface area contributed by atoms with Crippen LogP contribution in [-0.2, 0) is 9.53 Å². The van der Waals surface area contributed by atoms with Gasteiger partial charge in [-0.3, -0.25) is 0 Å². The number of fused-ring (bicyclic) bond motifs is 1. The van der Waals surface area contributed by atoms with Crippen molar-refractivity contribution >= 4 is 28.0 Å². The van der Waals surface area contributed by atoms with Crippen LogP contribution in [0.4, 0.5) is 0 Å². The highest BCUT2D eigenvalue weighted by Gasteiger charge is 2.18. The Kier molecular flexibility index (Phi) is 2.33. The number of nitrogens with zero attached hydrogens (tertiary/aromatic N) is 2. The molecule has 1 aromatic rings. The Labute approximate surface area is 88.5 Å². The van der Waals surface area contributed by atoms with Gasteiger partial charge in [-0.2, -0.15) is 0 Å². The average Bonchev–Trinajstić information content (AvgIpc) is 2.59. The topological polar surface area (TPSA) is 51.5 Å². The van der Waals surface area contributed by atoms with Gasteiger partial charge in [-0.25, -0.2) is 14.8 Å². The van der Waals surface area contributed by atoms with Crippen molar-refractivity contribution in [1.82, 2.24) is 4.98 Å². The molecule has 0 amide bonds. The molecule has 0 saturated carbocycles. The Morgan fingerprint density at radius 2 is 2.43 bits per heavy atom. The summed E-state index contributed by atoms with van der Waals surface area (Å²) in [5, 5.41) is 0.856. The van der Waals surface area contributed by atoms with Gasteiger partial charge >= 0.3 is 5.97 Å². The summed E-state index contributed by atoms with van der Waals surface area (Å²) < 4.78 is 5.46. The van der Waals surface area contributed by atoms with Crippen LogP contribution in [-0.4, -0.2) is 24.1 Å². The normalized spacial score (nSPS) is 18.0. The van der Waals surface area contributed by atoms with Gasteiger partial charge in [-0.15, -0.1) is 0 Å². The van der Waals surface area contributed by atoms with Crippen LogP contribution in [0.5, 0.6) is 0 Å². The van der Waals surface area contributed by atoms with Crippen molar-refractivity contribution in [3.8, 4) is 0 Å². The molecule has 0 aromatic carbocycles. The molecule has 0 radical (unpaired) electrons. The van der Waals surface area contributed by atoms with Gasteiger partial charge in [0.15, 0.2) is 11.5 Å². The zero-order valence-corrected chi connectivity index (χ0v) is 8.98. The molecule has 2 heterocycles. The molecule has 1 aromatic heterocycles. The van der Waals surface area contributed by atoms with E-state index in [9.17, 15) is 4.79 Å². The molecule has 72 valence electrons. The number of ether oxygens (including phenoxy) is 1. The predicted molar refractivity (Wildman–Crippen MR) is 53.0 cm³/mol. The number of hydrogen-bond acceptors (Lipinski definition) is 4. The highest BCUT2D eigenvalue weighted by Crippen LogP contribution is 2.03. The van der Waals surface area contributed by atoms with Gasteiger partial charge in [0.25, 0.3) is 0 Å². The van der Waals surface area contributed by atoms with Crippen LogP contribution in [0, 0.1) is 0 Å². The van der Waals surface area contributed by atoms with E-state index in [1.807, 2.05) is 6.07 Å². The third kappa shape index (κ3) is 1.55. The molecular formula is C9H7BrN2O2. The highest BCUT2D eigenvalue weighted by molar-refractivity contribution is 9.10. The number of rotatable bonds is 1. The molecule has 0 saturated heterocycles. The van der Waals surface area contributed by atoms with E-state index in [1.165, 1.54) is 7.11 Å². The standard InChI is InChI=1S/C9H7BrN2O2/c1-14-9(13)7-3-5-2-6(10)4-11-8(5)12-7/h2-4,7H,1H3/t7-/m1/s1. The third-order valence-electron chi connectivity index (χ3n) is 1.90. The predicted octanol–water partition coefficient (Wildman–Crippen LogP) is -0.201. The van der Waals surface area contributed by atoms with Crippen LogP contribution in [0.2, 0.25) is 0 Å². The van der Waals surface area contributed by atoms with Crippen LogP contribution in [0.25, 0.3) is 6.08 Å². The molecule has 0 N–H and O–H groups in total. The fourth-order valence-corrected chi connectivity index (χ4v) is 1.61. The lowest BCUT2D eigenvalue weighted by Crippen LogP contribution is -2.24. The Hall–Kier alpha value is -1.23. The van der Waals surface area contributed by atoms with Crippen LogP contribution in [0.15, 0.2) is 21.7 Å². The molecule has 0 aliphatic carbocycles. The van der Waals surface area contributed by atoms with E-state index in [4.69, 9.17) is 0 Å². The van der Waals surface area contributed by atoms with Crippen molar-refractivity contribution in [3.05, 3.63) is 27.4 Å². The first-order valence-corrected chi connectivity index (χ1v) is 4.79. The lowest BCUT2D eigenvalue weighted by molar-refractivity contribution is -0.140. The quantitative estimate of drug-likeness (QED) is 0.653. The number of pyridine rings is 1. The van der Waals surface area contributed by atoms with Gasteiger partial charge in [-0.1, -0.05) is 0 Å². The third-order valence-corrected chi connectivity index (χ3v) is 2.34. The Balaban J connectivity index is 2.48. The molecule has 0 bridgehead atoms. The van der Waals surface area contributed by atoms with E-state index >= 15 is 0 Å². The van der Waals surface area contributed by atoms with Gasteiger partial charge < -0.3 is 4.74 Å². The number of carbonyl (C=O) groups excluding carboxylic acids is 1. The lowest BCUT2D eigenvalue weighted by atomic mass is 10.3. The van der Waals surface area contributed by atoms with Gasteiger partial charge in [0.2, 0.25) is 0 Å². The molecule has 1 aliphatic heterocycles. The number of carbonyl (C=O) groups is 1. The minimum absolute atomic E-state index is 0.362. The fraction of sp³-hybridized carbons (Fsp3) is 0.222. The van der Waals surface area contributed by atoms with Crippen molar-refractivity contribution in [2.24, 2.45) is 4.99 Å². The van der Waals surface area contributed by atoms with Crippen LogP contribution < -0.4 is 10.7 Å². The largest absolute Gasteiger partial charge is 0.467 e. The minimum Gasteiger partial charge on any atom is -0.467 e. The average molecular weight is 255 g/mol. The number of aromatic nitrogens is 1. The maximum Gasteiger partial charge on any atom is 0.334 e. The number of methoxy groups -OCH3 is 1. The van der Waals surface area contributed by atoms with Gasteiger partial charge in [0.1, 0.15) is 0 Å². The maximum absolute atomic E-state index is 11.2. The Morgan fingerprint density at radius 1 is 1.64 bits per heavy atom. The first kappa shape index (κ1) is 9.33. The maximum atomic E-state index is 11.2. The number of halogens is 1. The summed E-state index contributed by atoms with van der Waals surface area (Å²) in [6.07, 6.45) is 3.38. The van der Waals surface area contributed by atoms with Crippen molar-refractivity contribution in [2.45, 2.75) is 6.04 Å². The molecule has 1 aliphatic rings. The molecule has 14 heavy (non-hydrogen) atoms. The lowest BCUT2D eigenvalue weighted by Gasteiger charge is -1.99. The zero-order chi connectivity index (χ0) is 10.1. The summed E-state index contributed by atoms with van der Waals surface area (Å²) in [4.78, 5) is 19.4. The van der Waals surface area contributed by atoms with Crippen molar-refractivity contribution in [3.63, 3.8) is 0 Å². The molecule has 5 heteroatoms. The fourth-order valence-electron chi connectivity index (χ4n) is 1.26. The van der Waals surface area contributed by atoms with Crippen LogP contribution >= 0.6 is 15.9 Å². The SMILES string of the molecule is COC(=O)[C@H]1C=c2cc(Br)cnc2=N1. The molecule has 1 atom stereocenters. The van der Waals surface area contributed by atoms with Gasteiger partial charge in [-0.05, 0) is 28.1 Å². The van der Waals surface area contributed by atoms with E-state index < -0.39 is 6.04 Å². The number of hydrogen-bond donors (Lipinski definition) is 0. The van der Waals surface area contributed by atoms with Gasteiger partial charge in [0, 0.05) is 15.9 Å². The first-order chi connectivity index (χ1) is 6.70. The highest BCUT2D eigenvalue weighted by atomic mass is 79.9.